The van der Waals surface area contributed by atoms with Crippen molar-refractivity contribution in [1.29, 1.82) is 0 Å². The molecule has 0 heterocycles. The normalized spacial score (nSPS) is 27.7. The maximum Gasteiger partial charge on any atom is 0.305 e. The van der Waals surface area contributed by atoms with Crippen molar-refractivity contribution in [2.45, 2.75) is 45.3 Å². The van der Waals surface area contributed by atoms with E-state index in [-0.39, 0.29) is 23.6 Å². The first-order valence-corrected chi connectivity index (χ1v) is 11.5. The van der Waals surface area contributed by atoms with Gasteiger partial charge in [-0.05, 0) is 30.7 Å². The SMILES string of the molecule is COC(=O)C[C@@H]1[C@@H]([Si](C)(C)c2ccccc2)[C@H](C)C[C@@H]1C(C)=O. The van der Waals surface area contributed by atoms with Crippen molar-refractivity contribution in [3.05, 3.63) is 30.3 Å². The zero-order chi connectivity index (χ0) is 17.2. The molecule has 0 N–H and O–H groups in total. The first kappa shape index (κ1) is 17.9. The number of hydrogen-bond donors (Lipinski definition) is 0. The van der Waals surface area contributed by atoms with Crippen LogP contribution in [0.25, 0.3) is 0 Å². The number of ether oxygens (including phenoxy) is 1. The molecule has 1 aliphatic carbocycles. The smallest absolute Gasteiger partial charge is 0.305 e. The van der Waals surface area contributed by atoms with Gasteiger partial charge in [0.1, 0.15) is 5.78 Å². The highest BCUT2D eigenvalue weighted by molar-refractivity contribution is 6.91. The van der Waals surface area contributed by atoms with E-state index < -0.39 is 8.07 Å². The third-order valence-corrected chi connectivity index (χ3v) is 10.2. The van der Waals surface area contributed by atoms with E-state index in [1.165, 1.54) is 12.3 Å². The molecular weight excluding hydrogens is 304 g/mol. The Hall–Kier alpha value is -1.42. The van der Waals surface area contributed by atoms with Crippen LogP contribution < -0.4 is 5.19 Å². The topological polar surface area (TPSA) is 43.4 Å². The molecule has 4 heteroatoms. The number of rotatable bonds is 5. The second-order valence-corrected chi connectivity index (χ2v) is 12.2. The molecule has 1 aromatic rings. The van der Waals surface area contributed by atoms with Crippen LogP contribution in [0.3, 0.4) is 0 Å². The summed E-state index contributed by atoms with van der Waals surface area (Å²) in [6.07, 6.45) is 1.25. The first-order chi connectivity index (χ1) is 10.8. The highest BCUT2D eigenvalue weighted by Crippen LogP contribution is 2.52. The molecule has 0 bridgehead atoms. The Bertz CT molecular complexity index is 567. The van der Waals surface area contributed by atoms with Gasteiger partial charge in [0.2, 0.25) is 0 Å². The van der Waals surface area contributed by atoms with Crippen LogP contribution in [0.4, 0.5) is 0 Å². The molecule has 1 aromatic carbocycles. The lowest BCUT2D eigenvalue weighted by Gasteiger charge is -2.37. The molecule has 126 valence electrons. The van der Waals surface area contributed by atoms with Gasteiger partial charge >= 0.3 is 5.97 Å². The molecule has 3 nitrogen and oxygen atoms in total. The second kappa shape index (κ2) is 6.99. The fourth-order valence-corrected chi connectivity index (χ4v) is 9.13. The molecule has 23 heavy (non-hydrogen) atoms. The Balaban J connectivity index is 2.40. The third-order valence-electron chi connectivity index (χ3n) is 5.72. The lowest BCUT2D eigenvalue weighted by atomic mass is 9.90. The molecule has 2 rings (SSSR count). The summed E-state index contributed by atoms with van der Waals surface area (Å²) >= 11 is 0. The molecular formula is C19H28O3Si. The minimum Gasteiger partial charge on any atom is -0.469 e. The number of carbonyl (C=O) groups is 2. The molecule has 0 saturated heterocycles. The summed E-state index contributed by atoms with van der Waals surface area (Å²) in [5.74, 6) is 0.575. The van der Waals surface area contributed by atoms with Gasteiger partial charge in [0.25, 0.3) is 0 Å². The second-order valence-electron chi connectivity index (χ2n) is 7.49. The third kappa shape index (κ3) is 3.57. The van der Waals surface area contributed by atoms with E-state index in [1.807, 2.05) is 6.07 Å². The molecule has 0 amide bonds. The molecule has 0 aliphatic heterocycles. The van der Waals surface area contributed by atoms with Crippen molar-refractivity contribution in [3.63, 3.8) is 0 Å². The van der Waals surface area contributed by atoms with Crippen molar-refractivity contribution >= 4 is 25.0 Å². The molecule has 1 fully saturated rings. The number of carbonyl (C=O) groups excluding carboxylic acids is 2. The van der Waals surface area contributed by atoms with Crippen molar-refractivity contribution in [2.24, 2.45) is 17.8 Å². The summed E-state index contributed by atoms with van der Waals surface area (Å²) in [4.78, 5) is 24.1. The number of methoxy groups -OCH3 is 1. The summed E-state index contributed by atoms with van der Waals surface area (Å²) in [6.45, 7) is 8.66. The minimum atomic E-state index is -1.80. The van der Waals surface area contributed by atoms with E-state index in [4.69, 9.17) is 4.74 Å². The van der Waals surface area contributed by atoms with Crippen molar-refractivity contribution in [3.8, 4) is 0 Å². The van der Waals surface area contributed by atoms with Crippen LogP contribution in [-0.2, 0) is 14.3 Å². The van der Waals surface area contributed by atoms with Gasteiger partial charge in [0.15, 0.2) is 0 Å². The number of Topliss-reactive ketones (excluding diaryl/α,β-unsaturated/α-hetero) is 1. The average molecular weight is 333 g/mol. The highest BCUT2D eigenvalue weighted by Gasteiger charge is 2.51. The number of hydrogen-bond acceptors (Lipinski definition) is 3. The summed E-state index contributed by atoms with van der Waals surface area (Å²) in [7, 11) is -0.371. The predicted octanol–water partition coefficient (Wildman–Crippen LogP) is 3.40. The largest absolute Gasteiger partial charge is 0.469 e. The Morgan fingerprint density at radius 1 is 1.22 bits per heavy atom. The Morgan fingerprint density at radius 2 is 1.83 bits per heavy atom. The number of esters is 1. The van der Waals surface area contributed by atoms with Crippen molar-refractivity contribution < 1.29 is 14.3 Å². The maximum absolute atomic E-state index is 12.1. The van der Waals surface area contributed by atoms with E-state index in [1.54, 1.807) is 6.92 Å². The molecule has 0 spiro atoms. The van der Waals surface area contributed by atoms with Gasteiger partial charge in [-0.2, -0.15) is 0 Å². The summed E-state index contributed by atoms with van der Waals surface area (Å²) in [5, 5.41) is 1.40. The van der Waals surface area contributed by atoms with Crippen LogP contribution >= 0.6 is 0 Å². The Labute approximate surface area is 140 Å². The van der Waals surface area contributed by atoms with Gasteiger partial charge in [-0.1, -0.05) is 55.5 Å². The molecule has 4 atom stereocenters. The Morgan fingerprint density at radius 3 is 2.35 bits per heavy atom. The number of benzene rings is 1. The van der Waals surface area contributed by atoms with E-state index >= 15 is 0 Å². The molecule has 0 unspecified atom stereocenters. The summed E-state index contributed by atoms with van der Waals surface area (Å²) in [6, 6.07) is 10.6. The molecule has 1 aliphatic rings. The van der Waals surface area contributed by atoms with E-state index in [0.29, 0.717) is 17.9 Å². The highest BCUT2D eigenvalue weighted by atomic mass is 28.3. The molecule has 1 saturated carbocycles. The van der Waals surface area contributed by atoms with Crippen LogP contribution in [0, 0.1) is 17.8 Å². The quantitative estimate of drug-likeness (QED) is 0.613. The van der Waals surface area contributed by atoms with Gasteiger partial charge in [0.05, 0.1) is 15.2 Å². The lowest BCUT2D eigenvalue weighted by Crippen LogP contribution is -2.49. The van der Waals surface area contributed by atoms with Gasteiger partial charge in [-0.3, -0.25) is 9.59 Å². The minimum absolute atomic E-state index is 0.00964. The fourth-order valence-electron chi connectivity index (χ4n) is 4.71. The van der Waals surface area contributed by atoms with Crippen LogP contribution in [0.1, 0.15) is 26.7 Å². The van der Waals surface area contributed by atoms with Gasteiger partial charge in [-0.25, -0.2) is 0 Å². The monoisotopic (exact) mass is 332 g/mol. The van der Waals surface area contributed by atoms with Crippen molar-refractivity contribution in [1.82, 2.24) is 0 Å². The van der Waals surface area contributed by atoms with Crippen LogP contribution in [-0.4, -0.2) is 26.9 Å². The van der Waals surface area contributed by atoms with Gasteiger partial charge in [0, 0.05) is 12.3 Å². The summed E-state index contributed by atoms with van der Waals surface area (Å²) in [5.41, 5.74) is 0.415. The van der Waals surface area contributed by atoms with E-state index in [9.17, 15) is 9.59 Å². The van der Waals surface area contributed by atoms with E-state index in [0.717, 1.165) is 6.42 Å². The fraction of sp³-hybridized carbons (Fsp3) is 0.579. The average Bonchev–Trinajstić information content (AvgIpc) is 2.85. The molecule has 0 radical (unpaired) electrons. The number of ketones is 1. The first-order valence-electron chi connectivity index (χ1n) is 8.41. The zero-order valence-electron chi connectivity index (χ0n) is 14.8. The summed E-state index contributed by atoms with van der Waals surface area (Å²) < 4.78 is 4.91. The van der Waals surface area contributed by atoms with Crippen LogP contribution in [0.15, 0.2) is 30.3 Å². The zero-order valence-corrected chi connectivity index (χ0v) is 15.8. The predicted molar refractivity (Wildman–Crippen MR) is 95.4 cm³/mol. The van der Waals surface area contributed by atoms with Gasteiger partial charge < -0.3 is 4.74 Å². The standard InChI is InChI=1S/C19H28O3Si/c1-13-11-16(14(2)20)17(12-18(21)22-3)19(13)23(4,5)15-9-7-6-8-10-15/h6-10,13,16-17,19H,11-12H2,1-5H3/t13-,16-,17+,19+/m1/s1. The van der Waals surface area contributed by atoms with Crippen LogP contribution in [0.2, 0.25) is 18.6 Å². The lowest BCUT2D eigenvalue weighted by molar-refractivity contribution is -0.142. The van der Waals surface area contributed by atoms with E-state index in [2.05, 4.69) is 44.3 Å². The molecule has 0 aromatic heterocycles. The maximum atomic E-state index is 12.1. The van der Waals surface area contributed by atoms with Crippen LogP contribution in [0.5, 0.6) is 0 Å². The Kier molecular flexibility index (Phi) is 5.45. The van der Waals surface area contributed by atoms with Gasteiger partial charge in [-0.15, -0.1) is 0 Å². The van der Waals surface area contributed by atoms with Crippen molar-refractivity contribution in [2.75, 3.05) is 7.11 Å².